The van der Waals surface area contributed by atoms with Crippen molar-refractivity contribution in [2.45, 2.75) is 12.5 Å². The predicted molar refractivity (Wildman–Crippen MR) is 93.0 cm³/mol. The van der Waals surface area contributed by atoms with Crippen molar-refractivity contribution in [2.75, 3.05) is 59.9 Å². The van der Waals surface area contributed by atoms with Crippen LogP contribution in [0.1, 0.15) is 6.42 Å². The molecule has 1 aliphatic rings. The van der Waals surface area contributed by atoms with E-state index in [9.17, 15) is 4.79 Å². The van der Waals surface area contributed by atoms with Gasteiger partial charge in [0.2, 0.25) is 0 Å². The van der Waals surface area contributed by atoms with Gasteiger partial charge in [0.15, 0.2) is 0 Å². The second-order valence-corrected chi connectivity index (χ2v) is 6.03. The fourth-order valence-electron chi connectivity index (χ4n) is 2.59. The number of hydrogen-bond donors (Lipinski definition) is 1. The zero-order valence-electron chi connectivity index (χ0n) is 14.9. The van der Waals surface area contributed by atoms with Gasteiger partial charge in [-0.15, -0.1) is 0 Å². The number of methoxy groups -OCH3 is 2. The molecule has 1 aromatic rings. The Balaban J connectivity index is 1.98. The fourth-order valence-corrected chi connectivity index (χ4v) is 2.59. The van der Waals surface area contributed by atoms with E-state index in [0.717, 1.165) is 13.0 Å². The van der Waals surface area contributed by atoms with E-state index in [-0.39, 0.29) is 12.1 Å². The average molecular weight is 337 g/mol. The van der Waals surface area contributed by atoms with Gasteiger partial charge in [-0.2, -0.15) is 0 Å². The van der Waals surface area contributed by atoms with Crippen molar-refractivity contribution in [3.63, 3.8) is 0 Å². The minimum atomic E-state index is -0.153. The van der Waals surface area contributed by atoms with Crippen LogP contribution in [-0.4, -0.2) is 76.5 Å². The highest BCUT2D eigenvalue weighted by molar-refractivity contribution is 5.91. The van der Waals surface area contributed by atoms with Crippen LogP contribution in [0, 0.1) is 0 Å². The fraction of sp³-hybridized carbons (Fsp3) is 0.588. The van der Waals surface area contributed by atoms with Crippen molar-refractivity contribution < 1.29 is 19.0 Å². The Hall–Kier alpha value is -1.99. The van der Waals surface area contributed by atoms with Gasteiger partial charge >= 0.3 is 6.03 Å². The lowest BCUT2D eigenvalue weighted by molar-refractivity contribution is -0.0186. The normalized spacial score (nSPS) is 17.7. The summed E-state index contributed by atoms with van der Waals surface area (Å²) in [5, 5.41) is 2.91. The van der Waals surface area contributed by atoms with Gasteiger partial charge in [-0.05, 0) is 32.6 Å². The van der Waals surface area contributed by atoms with Gasteiger partial charge < -0.3 is 29.3 Å². The van der Waals surface area contributed by atoms with E-state index in [1.807, 2.05) is 14.1 Å². The molecular weight excluding hydrogens is 310 g/mol. The number of ether oxygens (including phenoxy) is 3. The first kappa shape index (κ1) is 18.4. The average Bonchev–Trinajstić information content (AvgIpc) is 2.60. The molecule has 134 valence electrons. The molecular formula is C17H27N3O4. The van der Waals surface area contributed by atoms with Crippen molar-refractivity contribution in [3.8, 4) is 11.5 Å². The molecule has 0 saturated carbocycles. The Labute approximate surface area is 143 Å². The molecule has 24 heavy (non-hydrogen) atoms. The number of rotatable bonds is 6. The molecule has 7 heteroatoms. The van der Waals surface area contributed by atoms with E-state index in [0.29, 0.717) is 36.9 Å². The van der Waals surface area contributed by atoms with Crippen LogP contribution in [0.5, 0.6) is 11.5 Å². The summed E-state index contributed by atoms with van der Waals surface area (Å²) in [7, 11) is 7.22. The first-order chi connectivity index (χ1) is 11.5. The predicted octanol–water partition coefficient (Wildman–Crippen LogP) is 1.89. The van der Waals surface area contributed by atoms with Crippen LogP contribution in [0.25, 0.3) is 0 Å². The number of amides is 2. The van der Waals surface area contributed by atoms with Gasteiger partial charge in [-0.1, -0.05) is 0 Å². The van der Waals surface area contributed by atoms with Gasteiger partial charge in [0.05, 0.1) is 32.6 Å². The van der Waals surface area contributed by atoms with Crippen molar-refractivity contribution in [1.82, 2.24) is 9.80 Å². The molecule has 1 aliphatic heterocycles. The minimum Gasteiger partial charge on any atom is -0.497 e. The zero-order valence-corrected chi connectivity index (χ0v) is 14.9. The van der Waals surface area contributed by atoms with Crippen LogP contribution in [0.2, 0.25) is 0 Å². The maximum absolute atomic E-state index is 12.6. The number of nitrogens with zero attached hydrogens (tertiary/aromatic N) is 2. The molecule has 0 aliphatic carbocycles. The largest absolute Gasteiger partial charge is 0.497 e. The summed E-state index contributed by atoms with van der Waals surface area (Å²) in [6.07, 6.45) is 0.971. The van der Waals surface area contributed by atoms with E-state index in [4.69, 9.17) is 14.2 Å². The van der Waals surface area contributed by atoms with E-state index in [1.54, 1.807) is 37.3 Å². The highest BCUT2D eigenvalue weighted by Crippen LogP contribution is 2.29. The first-order valence-corrected chi connectivity index (χ1v) is 8.07. The molecule has 1 N–H and O–H groups in total. The molecule has 0 spiro atoms. The maximum Gasteiger partial charge on any atom is 0.322 e. The number of carbonyl (C=O) groups excluding carboxylic acids is 1. The number of nitrogens with one attached hydrogen (secondary N) is 1. The van der Waals surface area contributed by atoms with Crippen molar-refractivity contribution in [2.24, 2.45) is 0 Å². The quantitative estimate of drug-likeness (QED) is 0.859. The Morgan fingerprint density at radius 1 is 1.38 bits per heavy atom. The van der Waals surface area contributed by atoms with Crippen LogP contribution >= 0.6 is 0 Å². The molecule has 0 aromatic heterocycles. The Morgan fingerprint density at radius 2 is 2.17 bits per heavy atom. The Bertz CT molecular complexity index is 551. The third kappa shape index (κ3) is 5.01. The summed E-state index contributed by atoms with van der Waals surface area (Å²) in [5.41, 5.74) is 0.596. The molecule has 0 radical (unpaired) electrons. The lowest BCUT2D eigenvalue weighted by Gasteiger charge is -2.33. The summed E-state index contributed by atoms with van der Waals surface area (Å²) in [4.78, 5) is 16.5. The molecule has 1 atom stereocenters. The number of carbonyl (C=O) groups is 1. The van der Waals surface area contributed by atoms with Gasteiger partial charge in [0, 0.05) is 25.7 Å². The lowest BCUT2D eigenvalue weighted by Crippen LogP contribution is -2.48. The second kappa shape index (κ2) is 8.75. The van der Waals surface area contributed by atoms with E-state index < -0.39 is 0 Å². The zero-order chi connectivity index (χ0) is 17.5. The highest BCUT2D eigenvalue weighted by atomic mass is 16.5. The molecule has 2 amide bonds. The van der Waals surface area contributed by atoms with Crippen LogP contribution < -0.4 is 14.8 Å². The smallest absolute Gasteiger partial charge is 0.322 e. The van der Waals surface area contributed by atoms with Gasteiger partial charge in [-0.25, -0.2) is 4.79 Å². The van der Waals surface area contributed by atoms with Crippen LogP contribution in [-0.2, 0) is 4.74 Å². The number of morpholine rings is 1. The Kier molecular flexibility index (Phi) is 6.69. The topological polar surface area (TPSA) is 63.3 Å². The van der Waals surface area contributed by atoms with E-state index in [2.05, 4.69) is 10.2 Å². The summed E-state index contributed by atoms with van der Waals surface area (Å²) < 4.78 is 16.3. The van der Waals surface area contributed by atoms with Crippen LogP contribution in [0.4, 0.5) is 10.5 Å². The molecule has 1 unspecified atom stereocenters. The summed E-state index contributed by atoms with van der Waals surface area (Å²) >= 11 is 0. The third-order valence-electron chi connectivity index (χ3n) is 3.97. The molecule has 0 bridgehead atoms. The number of benzene rings is 1. The molecule has 1 fully saturated rings. The minimum absolute atomic E-state index is 0.0686. The van der Waals surface area contributed by atoms with Crippen LogP contribution in [0.3, 0.4) is 0 Å². The van der Waals surface area contributed by atoms with Gasteiger partial charge in [0.25, 0.3) is 0 Å². The number of urea groups is 1. The standard InChI is InChI=1S/C17H27N3O4/c1-19(2)8-7-14-12-20(9-10-24-14)17(21)18-15-11-13(22-3)5-6-16(15)23-4/h5-6,11,14H,7-10,12H2,1-4H3,(H,18,21). The second-order valence-electron chi connectivity index (χ2n) is 6.03. The summed E-state index contributed by atoms with van der Waals surface area (Å²) in [5.74, 6) is 1.26. The van der Waals surface area contributed by atoms with Crippen LogP contribution in [0.15, 0.2) is 18.2 Å². The molecule has 1 heterocycles. The highest BCUT2D eigenvalue weighted by Gasteiger charge is 2.24. The maximum atomic E-state index is 12.6. The van der Waals surface area contributed by atoms with Gasteiger partial charge in [0.1, 0.15) is 11.5 Å². The first-order valence-electron chi connectivity index (χ1n) is 8.07. The molecule has 1 saturated heterocycles. The summed E-state index contributed by atoms with van der Waals surface area (Å²) in [6.45, 7) is 2.66. The lowest BCUT2D eigenvalue weighted by atomic mass is 10.2. The SMILES string of the molecule is COc1ccc(OC)c(NC(=O)N2CCOC(CCN(C)C)C2)c1. The van der Waals surface area contributed by atoms with Gasteiger partial charge in [-0.3, -0.25) is 0 Å². The number of hydrogen-bond acceptors (Lipinski definition) is 5. The molecule has 2 rings (SSSR count). The van der Waals surface area contributed by atoms with E-state index in [1.165, 1.54) is 0 Å². The van der Waals surface area contributed by atoms with Crippen molar-refractivity contribution in [3.05, 3.63) is 18.2 Å². The Morgan fingerprint density at radius 3 is 2.83 bits per heavy atom. The van der Waals surface area contributed by atoms with Crippen molar-refractivity contribution >= 4 is 11.7 Å². The monoisotopic (exact) mass is 337 g/mol. The molecule has 7 nitrogen and oxygen atoms in total. The van der Waals surface area contributed by atoms with Crippen molar-refractivity contribution in [1.29, 1.82) is 0 Å². The summed E-state index contributed by atoms with van der Waals surface area (Å²) in [6, 6.07) is 5.16. The van der Waals surface area contributed by atoms with E-state index >= 15 is 0 Å². The number of anilines is 1. The third-order valence-corrected chi connectivity index (χ3v) is 3.97. The molecule has 1 aromatic carbocycles.